The van der Waals surface area contributed by atoms with Crippen molar-refractivity contribution in [1.29, 1.82) is 0 Å². The summed E-state index contributed by atoms with van der Waals surface area (Å²) in [6, 6.07) is 8.94. The molecule has 4 heteroatoms. The van der Waals surface area contributed by atoms with Gasteiger partial charge in [0.05, 0.1) is 0 Å². The van der Waals surface area contributed by atoms with Gasteiger partial charge >= 0.3 is 0 Å². The van der Waals surface area contributed by atoms with Crippen LogP contribution in [0.25, 0.3) is 0 Å². The van der Waals surface area contributed by atoms with Crippen LogP contribution < -0.4 is 5.30 Å². The maximum atomic E-state index is 13.2. The third-order valence-corrected chi connectivity index (χ3v) is 5.97. The van der Waals surface area contributed by atoms with Crippen LogP contribution in [-0.4, -0.2) is 25.4 Å². The molecule has 1 aromatic rings. The van der Waals surface area contributed by atoms with Crippen LogP contribution in [0.2, 0.25) is 0 Å². The fourth-order valence-electron chi connectivity index (χ4n) is 1.94. The molecule has 0 radical (unpaired) electrons. The lowest BCUT2D eigenvalue weighted by Crippen LogP contribution is -2.25. The molecule has 0 N–H and O–H groups in total. The first-order valence-electron chi connectivity index (χ1n) is 6.56. The average Bonchev–Trinajstić information content (AvgIpc) is 2.40. The molecule has 0 fully saturated rings. The highest BCUT2D eigenvalue weighted by atomic mass is 31.2. The molecule has 0 saturated heterocycles. The van der Waals surface area contributed by atoms with Gasteiger partial charge < -0.3 is 14.0 Å². The minimum Gasteiger partial charge on any atom is -0.346 e. The van der Waals surface area contributed by atoms with Gasteiger partial charge in [-0.3, -0.25) is 0 Å². The van der Waals surface area contributed by atoms with E-state index in [4.69, 9.17) is 9.47 Å². The monoisotopic (exact) mass is 270 g/mol. The summed E-state index contributed by atoms with van der Waals surface area (Å²) in [6.45, 7) is 6.83. The minimum atomic E-state index is -2.66. The van der Waals surface area contributed by atoms with Gasteiger partial charge in [0, 0.05) is 24.7 Å². The summed E-state index contributed by atoms with van der Waals surface area (Å²) in [5.74, 6) is 0. The molecule has 18 heavy (non-hydrogen) atoms. The molecule has 0 amide bonds. The van der Waals surface area contributed by atoms with E-state index in [-0.39, 0.29) is 0 Å². The fraction of sp³-hybridized carbons (Fsp3) is 0.571. The van der Waals surface area contributed by atoms with Crippen molar-refractivity contribution >= 4 is 12.4 Å². The van der Waals surface area contributed by atoms with E-state index in [2.05, 4.69) is 0 Å². The van der Waals surface area contributed by atoms with Gasteiger partial charge in [-0.05, 0) is 20.3 Å². The number of rotatable bonds is 8. The van der Waals surface area contributed by atoms with Gasteiger partial charge in [-0.15, -0.1) is 0 Å². The predicted molar refractivity (Wildman–Crippen MR) is 75.9 cm³/mol. The highest BCUT2D eigenvalue weighted by Crippen LogP contribution is 2.51. The van der Waals surface area contributed by atoms with Crippen LogP contribution >= 0.6 is 7.14 Å². The van der Waals surface area contributed by atoms with Crippen LogP contribution in [0, 0.1) is 0 Å². The molecule has 1 atom stereocenters. The summed E-state index contributed by atoms with van der Waals surface area (Å²) in [4.78, 5) is 0. The molecule has 1 aromatic carbocycles. The Labute approximate surface area is 110 Å². The number of hydrogen-bond acceptors (Lipinski definition) is 3. The fourth-order valence-corrected chi connectivity index (χ4v) is 4.78. The van der Waals surface area contributed by atoms with Gasteiger partial charge in [0.2, 0.25) is 6.03 Å². The Bertz CT molecular complexity index is 372. The molecule has 102 valence electrons. The van der Waals surface area contributed by atoms with Crippen LogP contribution in [0.15, 0.2) is 30.3 Å². The maximum absolute atomic E-state index is 13.2. The molecular formula is C14H23O3P. The lowest BCUT2D eigenvalue weighted by atomic mass is 10.4. The van der Waals surface area contributed by atoms with E-state index in [0.29, 0.717) is 19.4 Å². The van der Waals surface area contributed by atoms with Crippen LogP contribution in [0.4, 0.5) is 0 Å². The highest BCUT2D eigenvalue weighted by molar-refractivity contribution is 7.71. The van der Waals surface area contributed by atoms with Gasteiger partial charge in [0.25, 0.3) is 0 Å². The quantitative estimate of drug-likeness (QED) is 0.536. The van der Waals surface area contributed by atoms with Gasteiger partial charge in [-0.2, -0.15) is 0 Å². The Morgan fingerprint density at radius 1 is 1.06 bits per heavy atom. The molecular weight excluding hydrogens is 247 g/mol. The third kappa shape index (κ3) is 3.68. The van der Waals surface area contributed by atoms with E-state index >= 15 is 0 Å². The topological polar surface area (TPSA) is 35.5 Å². The summed E-state index contributed by atoms with van der Waals surface area (Å²) >= 11 is 0. The van der Waals surface area contributed by atoms with Crippen LogP contribution in [-0.2, 0) is 14.0 Å². The lowest BCUT2D eigenvalue weighted by molar-refractivity contribution is -0.0812. The average molecular weight is 270 g/mol. The highest BCUT2D eigenvalue weighted by Gasteiger charge is 2.35. The van der Waals surface area contributed by atoms with Crippen molar-refractivity contribution in [3.63, 3.8) is 0 Å². The number of benzene rings is 1. The van der Waals surface area contributed by atoms with Crippen LogP contribution in [0.5, 0.6) is 0 Å². The second-order valence-corrected chi connectivity index (χ2v) is 7.05. The third-order valence-electron chi connectivity index (χ3n) is 2.71. The largest absolute Gasteiger partial charge is 0.346 e. The van der Waals surface area contributed by atoms with E-state index in [1.165, 1.54) is 0 Å². The molecule has 3 nitrogen and oxygen atoms in total. The first-order valence-corrected chi connectivity index (χ1v) is 8.52. The van der Waals surface area contributed by atoms with Crippen LogP contribution in [0.1, 0.15) is 27.2 Å². The molecule has 0 bridgehead atoms. The molecule has 0 heterocycles. The molecule has 0 aliphatic rings. The zero-order valence-corrected chi connectivity index (χ0v) is 12.4. The van der Waals surface area contributed by atoms with Gasteiger partial charge in [-0.25, -0.2) is 0 Å². The lowest BCUT2D eigenvalue weighted by Gasteiger charge is -2.27. The molecule has 0 aliphatic carbocycles. The molecule has 0 aliphatic heterocycles. The van der Waals surface area contributed by atoms with Crippen molar-refractivity contribution in [3.05, 3.63) is 30.3 Å². The second kappa shape index (κ2) is 7.73. The Hall–Kier alpha value is -0.630. The Balaban J connectivity index is 3.08. The Morgan fingerprint density at radius 3 is 2.06 bits per heavy atom. The zero-order valence-electron chi connectivity index (χ0n) is 11.5. The number of ether oxygens (including phenoxy) is 2. The van der Waals surface area contributed by atoms with E-state index in [0.717, 1.165) is 11.7 Å². The van der Waals surface area contributed by atoms with Crippen LogP contribution in [0.3, 0.4) is 0 Å². The van der Waals surface area contributed by atoms with Crippen molar-refractivity contribution in [2.45, 2.75) is 33.2 Å². The molecule has 0 saturated carbocycles. The Morgan fingerprint density at radius 2 is 1.61 bits per heavy atom. The summed E-state index contributed by atoms with van der Waals surface area (Å²) in [5.41, 5.74) is 0. The van der Waals surface area contributed by atoms with E-state index in [9.17, 15) is 4.57 Å². The molecule has 0 spiro atoms. The van der Waals surface area contributed by atoms with Crippen molar-refractivity contribution in [1.82, 2.24) is 0 Å². The normalized spacial score (nSPS) is 14.7. The summed E-state index contributed by atoms with van der Waals surface area (Å²) in [7, 11) is -2.66. The van der Waals surface area contributed by atoms with Crippen molar-refractivity contribution in [2.75, 3.05) is 19.4 Å². The minimum absolute atomic E-state index is 0.505. The first-order chi connectivity index (χ1) is 8.69. The maximum Gasteiger partial charge on any atom is 0.215 e. The standard InChI is InChI=1S/C14H23O3P/c1-4-12-18(15,13-10-8-7-9-11-13)14(16-5-2)17-6-3/h7-11,14H,4-6,12H2,1-3H3. The smallest absolute Gasteiger partial charge is 0.215 e. The SMILES string of the molecule is CCCP(=O)(c1ccccc1)C(OCC)OCC. The number of hydrogen-bond donors (Lipinski definition) is 0. The summed E-state index contributed by atoms with van der Waals surface area (Å²) in [6.07, 6.45) is 1.46. The van der Waals surface area contributed by atoms with Crippen molar-refractivity contribution in [3.8, 4) is 0 Å². The molecule has 0 aromatic heterocycles. The molecule has 1 rings (SSSR count). The summed E-state index contributed by atoms with van der Waals surface area (Å²) < 4.78 is 24.4. The van der Waals surface area contributed by atoms with E-state index in [1.807, 2.05) is 51.1 Å². The predicted octanol–water partition coefficient (Wildman–Crippen LogP) is 3.44. The zero-order chi connectivity index (χ0) is 13.4. The second-order valence-electron chi connectivity index (χ2n) is 4.07. The van der Waals surface area contributed by atoms with Gasteiger partial charge in [-0.1, -0.05) is 37.3 Å². The summed E-state index contributed by atoms with van der Waals surface area (Å²) in [5, 5.41) is 0.846. The first kappa shape index (κ1) is 15.4. The van der Waals surface area contributed by atoms with E-state index < -0.39 is 13.2 Å². The van der Waals surface area contributed by atoms with Crippen molar-refractivity contribution < 1.29 is 14.0 Å². The van der Waals surface area contributed by atoms with Gasteiger partial charge in [0.1, 0.15) is 0 Å². The van der Waals surface area contributed by atoms with Gasteiger partial charge in [0.15, 0.2) is 7.14 Å². The Kier molecular flexibility index (Phi) is 6.62. The molecule has 1 unspecified atom stereocenters. The van der Waals surface area contributed by atoms with E-state index in [1.54, 1.807) is 0 Å². The van der Waals surface area contributed by atoms with Crippen molar-refractivity contribution in [2.24, 2.45) is 0 Å².